The van der Waals surface area contributed by atoms with Gasteiger partial charge in [0.25, 0.3) is 15.9 Å². The van der Waals surface area contributed by atoms with Gasteiger partial charge in [-0.25, -0.2) is 13.2 Å². The van der Waals surface area contributed by atoms with Crippen LogP contribution in [0.25, 0.3) is 0 Å². The molecular weight excluding hydrogens is 380 g/mol. The third-order valence-electron chi connectivity index (χ3n) is 4.57. The summed E-state index contributed by atoms with van der Waals surface area (Å²) >= 11 is 0. The lowest BCUT2D eigenvalue weighted by molar-refractivity contribution is -0.131. The first kappa shape index (κ1) is 19.9. The average Bonchev–Trinajstić information content (AvgIpc) is 2.71. The standard InChI is InChI=1S/C20H22N2O5S/c1-21(2)19(23)14-27-20(24)16-9-11-17(12-10-16)28(25,26)22-13-5-7-15-6-3-4-8-18(15)22/h3-4,6,8-12H,5,7,13-14H2,1-2H3. The maximum atomic E-state index is 13.1. The number of carbonyl (C=O) groups is 2. The highest BCUT2D eigenvalue weighted by Crippen LogP contribution is 2.31. The topological polar surface area (TPSA) is 84.0 Å². The van der Waals surface area contributed by atoms with Crippen molar-refractivity contribution in [1.29, 1.82) is 0 Å². The molecule has 0 bridgehead atoms. The number of likely N-dealkylation sites (N-methyl/N-ethyl adjacent to an activating group) is 1. The van der Waals surface area contributed by atoms with Crippen molar-refractivity contribution < 1.29 is 22.7 Å². The van der Waals surface area contributed by atoms with Crippen molar-refractivity contribution in [2.75, 3.05) is 31.6 Å². The first-order valence-corrected chi connectivity index (χ1v) is 10.3. The van der Waals surface area contributed by atoms with Crippen molar-refractivity contribution in [2.45, 2.75) is 17.7 Å². The van der Waals surface area contributed by atoms with E-state index in [0.29, 0.717) is 12.2 Å². The van der Waals surface area contributed by atoms with Gasteiger partial charge in [0.05, 0.1) is 16.1 Å². The molecule has 0 saturated carbocycles. The quantitative estimate of drug-likeness (QED) is 0.715. The van der Waals surface area contributed by atoms with E-state index in [0.717, 1.165) is 18.4 Å². The number of fused-ring (bicyclic) bond motifs is 1. The zero-order chi connectivity index (χ0) is 20.3. The Kier molecular flexibility index (Phi) is 5.69. The fourth-order valence-electron chi connectivity index (χ4n) is 2.98. The molecule has 1 aliphatic heterocycles. The van der Waals surface area contributed by atoms with Crippen LogP contribution in [-0.4, -0.2) is 52.4 Å². The molecule has 0 saturated heterocycles. The Labute approximate surface area is 164 Å². The Morgan fingerprint density at radius 2 is 1.75 bits per heavy atom. The lowest BCUT2D eigenvalue weighted by Gasteiger charge is -2.30. The van der Waals surface area contributed by atoms with Crippen LogP contribution in [0.3, 0.4) is 0 Å². The Bertz CT molecular complexity index is 984. The molecule has 148 valence electrons. The van der Waals surface area contributed by atoms with Crippen molar-refractivity contribution in [2.24, 2.45) is 0 Å². The molecule has 2 aromatic rings. The Morgan fingerprint density at radius 1 is 1.07 bits per heavy atom. The van der Waals surface area contributed by atoms with Gasteiger partial charge < -0.3 is 9.64 Å². The lowest BCUT2D eigenvalue weighted by Crippen LogP contribution is -2.35. The molecule has 1 amide bonds. The lowest BCUT2D eigenvalue weighted by atomic mass is 10.0. The first-order chi connectivity index (χ1) is 13.3. The van der Waals surface area contributed by atoms with E-state index in [9.17, 15) is 18.0 Å². The van der Waals surface area contributed by atoms with E-state index < -0.39 is 16.0 Å². The molecule has 0 spiro atoms. The monoisotopic (exact) mass is 402 g/mol. The number of sulfonamides is 1. The van der Waals surface area contributed by atoms with Crippen LogP contribution in [0.4, 0.5) is 5.69 Å². The van der Waals surface area contributed by atoms with Crippen LogP contribution < -0.4 is 4.31 Å². The van der Waals surface area contributed by atoms with Gasteiger partial charge in [-0.15, -0.1) is 0 Å². The number of amides is 1. The SMILES string of the molecule is CN(C)C(=O)COC(=O)c1ccc(S(=O)(=O)N2CCCc3ccccc32)cc1. The summed E-state index contributed by atoms with van der Waals surface area (Å²) in [5.74, 6) is -1.02. The molecule has 0 fully saturated rings. The molecule has 0 atom stereocenters. The van der Waals surface area contributed by atoms with Crippen molar-refractivity contribution in [3.05, 3.63) is 59.7 Å². The van der Waals surface area contributed by atoms with Crippen molar-refractivity contribution in [3.8, 4) is 0 Å². The fourth-order valence-corrected chi connectivity index (χ4v) is 4.52. The zero-order valence-electron chi connectivity index (χ0n) is 15.8. The van der Waals surface area contributed by atoms with E-state index in [1.165, 1.54) is 33.5 Å². The minimum Gasteiger partial charge on any atom is -0.452 e. The van der Waals surface area contributed by atoms with Gasteiger partial charge in [0, 0.05) is 20.6 Å². The van der Waals surface area contributed by atoms with Gasteiger partial charge in [-0.05, 0) is 48.7 Å². The van der Waals surface area contributed by atoms with E-state index in [4.69, 9.17) is 4.74 Å². The van der Waals surface area contributed by atoms with Gasteiger partial charge in [0.1, 0.15) is 0 Å². The number of carbonyl (C=O) groups excluding carboxylic acids is 2. The van der Waals surface area contributed by atoms with Crippen LogP contribution in [0.2, 0.25) is 0 Å². The number of esters is 1. The molecule has 1 aliphatic rings. The molecule has 8 heteroatoms. The third kappa shape index (κ3) is 4.01. The van der Waals surface area contributed by atoms with Crippen LogP contribution in [0.1, 0.15) is 22.3 Å². The molecule has 2 aromatic carbocycles. The summed E-state index contributed by atoms with van der Waals surface area (Å²) in [5, 5.41) is 0. The number of anilines is 1. The normalized spacial score (nSPS) is 13.6. The largest absolute Gasteiger partial charge is 0.452 e. The first-order valence-electron chi connectivity index (χ1n) is 8.88. The Morgan fingerprint density at radius 3 is 2.43 bits per heavy atom. The molecule has 0 N–H and O–H groups in total. The predicted octanol–water partition coefficient (Wildman–Crippen LogP) is 2.07. The summed E-state index contributed by atoms with van der Waals surface area (Å²) in [6, 6.07) is 13.0. The molecule has 3 rings (SSSR count). The van der Waals surface area contributed by atoms with E-state index in [-0.39, 0.29) is 23.0 Å². The minimum atomic E-state index is -3.73. The van der Waals surface area contributed by atoms with Crippen LogP contribution in [0.15, 0.2) is 53.4 Å². The second kappa shape index (κ2) is 8.02. The van der Waals surface area contributed by atoms with Crippen molar-refractivity contribution in [1.82, 2.24) is 4.90 Å². The summed E-state index contributed by atoms with van der Waals surface area (Å²) in [5.41, 5.74) is 1.88. The van der Waals surface area contributed by atoms with Gasteiger partial charge in [-0.2, -0.15) is 0 Å². The van der Waals surface area contributed by atoms with Crippen molar-refractivity contribution in [3.63, 3.8) is 0 Å². The van der Waals surface area contributed by atoms with Crippen LogP contribution in [-0.2, 0) is 26.0 Å². The number of rotatable bonds is 5. The summed E-state index contributed by atoms with van der Waals surface area (Å²) in [6.45, 7) is 0.0478. The molecular formula is C20H22N2O5S. The third-order valence-corrected chi connectivity index (χ3v) is 6.40. The van der Waals surface area contributed by atoms with E-state index in [2.05, 4.69) is 0 Å². The molecule has 28 heavy (non-hydrogen) atoms. The number of hydrogen-bond donors (Lipinski definition) is 0. The molecule has 0 radical (unpaired) electrons. The summed E-state index contributed by atoms with van der Waals surface area (Å²) in [4.78, 5) is 25.0. The van der Waals surface area contributed by atoms with Crippen LogP contribution in [0.5, 0.6) is 0 Å². The van der Waals surface area contributed by atoms with Gasteiger partial charge >= 0.3 is 5.97 Å². The highest BCUT2D eigenvalue weighted by molar-refractivity contribution is 7.92. The number of nitrogens with zero attached hydrogens (tertiary/aromatic N) is 2. The number of ether oxygens (including phenoxy) is 1. The zero-order valence-corrected chi connectivity index (χ0v) is 16.6. The van der Waals surface area contributed by atoms with Crippen LogP contribution >= 0.6 is 0 Å². The summed E-state index contributed by atoms with van der Waals surface area (Å²) in [7, 11) is -0.606. The highest BCUT2D eigenvalue weighted by Gasteiger charge is 2.29. The number of aryl methyl sites for hydroxylation is 1. The molecule has 0 aromatic heterocycles. The summed E-state index contributed by atoms with van der Waals surface area (Å²) in [6.07, 6.45) is 1.60. The average molecular weight is 402 g/mol. The second-order valence-electron chi connectivity index (χ2n) is 6.70. The molecule has 0 unspecified atom stereocenters. The maximum absolute atomic E-state index is 13.1. The summed E-state index contributed by atoms with van der Waals surface area (Å²) < 4.78 is 32.5. The van der Waals surface area contributed by atoms with Crippen molar-refractivity contribution >= 4 is 27.6 Å². The van der Waals surface area contributed by atoms with Gasteiger partial charge in [-0.3, -0.25) is 9.10 Å². The number of benzene rings is 2. The van der Waals surface area contributed by atoms with Gasteiger partial charge in [0.2, 0.25) is 0 Å². The maximum Gasteiger partial charge on any atom is 0.338 e. The molecule has 7 nitrogen and oxygen atoms in total. The van der Waals surface area contributed by atoms with E-state index in [1.807, 2.05) is 18.2 Å². The second-order valence-corrected chi connectivity index (χ2v) is 8.56. The fraction of sp³-hybridized carbons (Fsp3) is 0.300. The predicted molar refractivity (Wildman–Crippen MR) is 105 cm³/mol. The Hall–Kier alpha value is -2.87. The smallest absolute Gasteiger partial charge is 0.338 e. The van der Waals surface area contributed by atoms with Crippen LogP contribution in [0, 0.1) is 0 Å². The number of hydrogen-bond acceptors (Lipinski definition) is 5. The van der Waals surface area contributed by atoms with Gasteiger partial charge in [0.15, 0.2) is 6.61 Å². The molecule has 1 heterocycles. The molecule has 0 aliphatic carbocycles. The van der Waals surface area contributed by atoms with Gasteiger partial charge in [-0.1, -0.05) is 18.2 Å². The number of para-hydroxylation sites is 1. The Balaban J connectivity index is 1.78. The van der Waals surface area contributed by atoms with E-state index in [1.54, 1.807) is 20.2 Å². The highest BCUT2D eigenvalue weighted by atomic mass is 32.2. The van der Waals surface area contributed by atoms with E-state index >= 15 is 0 Å². The minimum absolute atomic E-state index is 0.102.